The van der Waals surface area contributed by atoms with Gasteiger partial charge in [0.25, 0.3) is 5.91 Å². The minimum absolute atomic E-state index is 0.0415. The molecule has 3 N–H and O–H groups in total. The number of hydrogen-bond donors (Lipinski definition) is 3. The summed E-state index contributed by atoms with van der Waals surface area (Å²) in [6.07, 6.45) is -0.453. The highest BCUT2D eigenvalue weighted by atomic mass is 16.6. The predicted molar refractivity (Wildman–Crippen MR) is 130 cm³/mol. The fraction of sp³-hybridized carbons (Fsp3) is 0.625. The van der Waals surface area contributed by atoms with Crippen LogP contribution in [0, 0.1) is 0 Å². The maximum Gasteiger partial charge on any atom is 0.408 e. The van der Waals surface area contributed by atoms with Crippen molar-refractivity contribution in [1.29, 1.82) is 0 Å². The van der Waals surface area contributed by atoms with E-state index < -0.39 is 17.2 Å². The summed E-state index contributed by atoms with van der Waals surface area (Å²) < 4.78 is 5.34. The van der Waals surface area contributed by atoms with Gasteiger partial charge in [-0.25, -0.2) is 9.79 Å². The highest BCUT2D eigenvalue weighted by molar-refractivity contribution is 5.94. The lowest BCUT2D eigenvalue weighted by molar-refractivity contribution is 0.0473. The van der Waals surface area contributed by atoms with Crippen LogP contribution in [0.25, 0.3) is 0 Å². The van der Waals surface area contributed by atoms with Crippen molar-refractivity contribution in [2.75, 3.05) is 26.2 Å². The van der Waals surface area contributed by atoms with Crippen LogP contribution < -0.4 is 16.0 Å². The third kappa shape index (κ3) is 10.0. The fourth-order valence-corrected chi connectivity index (χ4v) is 2.89. The van der Waals surface area contributed by atoms with E-state index in [0.29, 0.717) is 44.2 Å². The van der Waals surface area contributed by atoms with Gasteiger partial charge in [0.2, 0.25) is 0 Å². The van der Waals surface area contributed by atoms with Gasteiger partial charge in [0.15, 0.2) is 5.96 Å². The molecule has 0 aliphatic heterocycles. The van der Waals surface area contributed by atoms with E-state index >= 15 is 0 Å². The number of carbonyl (C=O) groups is 2. The summed E-state index contributed by atoms with van der Waals surface area (Å²) in [7, 11) is 0. The maximum atomic E-state index is 12.4. The minimum Gasteiger partial charge on any atom is -0.444 e. The lowest BCUT2D eigenvalue weighted by atomic mass is 10.1. The molecule has 0 heterocycles. The number of nitrogens with zero attached hydrogens (tertiary/aromatic N) is 2. The smallest absolute Gasteiger partial charge is 0.408 e. The van der Waals surface area contributed by atoms with Crippen LogP contribution in [0.5, 0.6) is 0 Å². The van der Waals surface area contributed by atoms with Gasteiger partial charge in [0.1, 0.15) is 5.60 Å². The Hall–Kier alpha value is -2.77. The third-order valence-corrected chi connectivity index (χ3v) is 4.55. The number of amides is 2. The summed E-state index contributed by atoms with van der Waals surface area (Å²) in [5.74, 6) is 0.689. The number of nitrogens with one attached hydrogen (secondary N) is 3. The first-order valence-electron chi connectivity index (χ1n) is 11.3. The summed E-state index contributed by atoms with van der Waals surface area (Å²) in [6.45, 7) is 18.3. The number of hydrogen-bond acceptors (Lipinski definition) is 4. The molecule has 0 aliphatic carbocycles. The molecule has 1 aromatic rings. The van der Waals surface area contributed by atoms with Crippen molar-refractivity contribution in [3.8, 4) is 0 Å². The highest BCUT2D eigenvalue weighted by Gasteiger charge is 2.24. The average Bonchev–Trinajstić information content (AvgIpc) is 2.69. The van der Waals surface area contributed by atoms with Gasteiger partial charge in [-0.15, -0.1) is 0 Å². The second-order valence-corrected chi connectivity index (χ2v) is 9.23. The van der Waals surface area contributed by atoms with Crippen molar-refractivity contribution in [2.45, 2.75) is 73.1 Å². The van der Waals surface area contributed by atoms with Crippen molar-refractivity contribution in [1.82, 2.24) is 20.9 Å². The van der Waals surface area contributed by atoms with E-state index in [1.54, 1.807) is 4.90 Å². The Morgan fingerprint density at radius 2 is 1.56 bits per heavy atom. The van der Waals surface area contributed by atoms with Crippen LogP contribution in [-0.4, -0.2) is 60.2 Å². The Morgan fingerprint density at radius 1 is 0.969 bits per heavy atom. The molecular weight excluding hydrogens is 406 g/mol. The number of aliphatic imine (C=N–C) groups is 1. The van der Waals surface area contributed by atoms with Crippen LogP contribution in [0.2, 0.25) is 0 Å². The van der Waals surface area contributed by atoms with E-state index in [0.717, 1.165) is 5.56 Å². The van der Waals surface area contributed by atoms with Crippen LogP contribution in [0.4, 0.5) is 4.79 Å². The molecule has 0 saturated carbocycles. The zero-order valence-electron chi connectivity index (χ0n) is 21.0. The number of ether oxygens (including phenoxy) is 1. The van der Waals surface area contributed by atoms with Crippen LogP contribution in [0.15, 0.2) is 29.3 Å². The van der Waals surface area contributed by atoms with Gasteiger partial charge in [-0.3, -0.25) is 4.79 Å². The molecule has 2 amide bonds. The number of alkyl carbamates (subject to hydrolysis) is 1. The monoisotopic (exact) mass is 447 g/mol. The lowest BCUT2D eigenvalue weighted by Crippen LogP contribution is -2.54. The summed E-state index contributed by atoms with van der Waals surface area (Å²) in [5.41, 5.74) is 0.603. The molecule has 0 fully saturated rings. The summed E-state index contributed by atoms with van der Waals surface area (Å²) in [4.78, 5) is 30.9. The van der Waals surface area contributed by atoms with Gasteiger partial charge in [0.05, 0.1) is 12.1 Å². The summed E-state index contributed by atoms with van der Waals surface area (Å²) in [6, 6.07) is 7.55. The normalized spacial score (nSPS) is 12.2. The molecule has 1 rings (SSSR count). The molecule has 8 heteroatoms. The third-order valence-electron chi connectivity index (χ3n) is 4.55. The van der Waals surface area contributed by atoms with Gasteiger partial charge in [-0.05, 0) is 73.1 Å². The van der Waals surface area contributed by atoms with Crippen LogP contribution in [0.1, 0.15) is 71.3 Å². The molecule has 32 heavy (non-hydrogen) atoms. The van der Waals surface area contributed by atoms with Crippen molar-refractivity contribution in [3.05, 3.63) is 35.4 Å². The Kier molecular flexibility index (Phi) is 10.5. The van der Waals surface area contributed by atoms with E-state index in [1.165, 1.54) is 0 Å². The van der Waals surface area contributed by atoms with E-state index in [-0.39, 0.29) is 5.91 Å². The van der Waals surface area contributed by atoms with E-state index in [1.807, 2.05) is 79.7 Å². The zero-order chi connectivity index (χ0) is 24.4. The van der Waals surface area contributed by atoms with Crippen molar-refractivity contribution in [2.24, 2.45) is 4.99 Å². The van der Waals surface area contributed by atoms with E-state index in [9.17, 15) is 9.59 Å². The molecule has 8 nitrogen and oxygen atoms in total. The van der Waals surface area contributed by atoms with Gasteiger partial charge < -0.3 is 25.6 Å². The Balaban J connectivity index is 2.72. The van der Waals surface area contributed by atoms with Crippen molar-refractivity contribution in [3.63, 3.8) is 0 Å². The van der Waals surface area contributed by atoms with Crippen LogP contribution in [0.3, 0.4) is 0 Å². The number of rotatable bonds is 9. The first kappa shape index (κ1) is 27.3. The minimum atomic E-state index is -0.546. The Labute approximate surface area is 193 Å². The maximum absolute atomic E-state index is 12.4. The Morgan fingerprint density at radius 3 is 2.06 bits per heavy atom. The molecule has 0 radical (unpaired) electrons. The number of carbonyl (C=O) groups excluding carboxylic acids is 2. The van der Waals surface area contributed by atoms with Crippen molar-refractivity contribution >= 4 is 18.0 Å². The molecule has 0 bridgehead atoms. The first-order valence-corrected chi connectivity index (χ1v) is 11.3. The molecule has 0 spiro atoms. The standard InChI is InChI=1S/C24H41N5O3/c1-9-25-21(27-17-24(7,8)28-22(31)32-23(4,5)6)26-16-18-12-14-19(15-13-18)20(30)29(10-2)11-3/h12-15H,9-11,16-17H2,1-8H3,(H,28,31)(H2,25,26,27). The molecule has 180 valence electrons. The predicted octanol–water partition coefficient (Wildman–Crippen LogP) is 3.53. The van der Waals surface area contributed by atoms with Gasteiger partial charge >= 0.3 is 6.09 Å². The second kappa shape index (κ2) is 12.3. The Bertz CT molecular complexity index is 763. The zero-order valence-corrected chi connectivity index (χ0v) is 21.0. The molecule has 0 aliphatic rings. The van der Waals surface area contributed by atoms with E-state index in [2.05, 4.69) is 20.9 Å². The number of benzene rings is 1. The molecule has 0 saturated heterocycles. The van der Waals surface area contributed by atoms with Gasteiger partial charge in [-0.1, -0.05) is 12.1 Å². The van der Waals surface area contributed by atoms with Crippen LogP contribution in [-0.2, 0) is 11.3 Å². The van der Waals surface area contributed by atoms with Crippen LogP contribution >= 0.6 is 0 Å². The van der Waals surface area contributed by atoms with E-state index in [4.69, 9.17) is 4.74 Å². The van der Waals surface area contributed by atoms with Gasteiger partial charge in [-0.2, -0.15) is 0 Å². The first-order chi connectivity index (χ1) is 14.9. The SMILES string of the molecule is CCNC(=NCc1ccc(C(=O)N(CC)CC)cc1)NCC(C)(C)NC(=O)OC(C)(C)C. The molecular formula is C24H41N5O3. The van der Waals surface area contributed by atoms with Gasteiger partial charge in [0, 0.05) is 31.7 Å². The number of guanidine groups is 1. The topological polar surface area (TPSA) is 95.1 Å². The quantitative estimate of drug-likeness (QED) is 0.398. The molecule has 0 atom stereocenters. The molecule has 0 unspecified atom stereocenters. The largest absolute Gasteiger partial charge is 0.444 e. The summed E-state index contributed by atoms with van der Waals surface area (Å²) >= 11 is 0. The summed E-state index contributed by atoms with van der Waals surface area (Å²) in [5, 5.41) is 9.36. The molecule has 1 aromatic carbocycles. The second-order valence-electron chi connectivity index (χ2n) is 9.23. The van der Waals surface area contributed by atoms with Crippen molar-refractivity contribution < 1.29 is 14.3 Å². The fourth-order valence-electron chi connectivity index (χ4n) is 2.89. The lowest BCUT2D eigenvalue weighted by Gasteiger charge is -2.29. The highest BCUT2D eigenvalue weighted by Crippen LogP contribution is 2.10. The average molecular weight is 448 g/mol. The molecule has 0 aromatic heterocycles.